The first-order valence-electron chi connectivity index (χ1n) is 4.46. The van der Waals surface area contributed by atoms with Crippen molar-refractivity contribution in [3.63, 3.8) is 0 Å². The molecule has 3 nitrogen and oxygen atoms in total. The molecule has 1 rings (SSSR count). The van der Waals surface area contributed by atoms with Gasteiger partial charge in [-0.15, -0.1) is 11.3 Å². The van der Waals surface area contributed by atoms with Crippen molar-refractivity contribution in [2.75, 3.05) is 13.7 Å². The first-order valence-corrected chi connectivity index (χ1v) is 5.34. The molecule has 1 aromatic rings. The molecule has 0 saturated heterocycles. The van der Waals surface area contributed by atoms with E-state index in [4.69, 9.17) is 0 Å². The zero-order chi connectivity index (χ0) is 10.7. The van der Waals surface area contributed by atoms with E-state index in [1.807, 2.05) is 18.4 Å². The molecule has 0 aliphatic rings. The summed E-state index contributed by atoms with van der Waals surface area (Å²) < 4.78 is 0. The largest absolute Gasteiger partial charge is 0.394 e. The SMILES string of the molecule is CC(=O)N(C)C(CO)c1sccc1C. The van der Waals surface area contributed by atoms with Crippen LogP contribution in [-0.4, -0.2) is 29.6 Å². The average Bonchev–Trinajstić information content (AvgIpc) is 2.53. The number of amides is 1. The van der Waals surface area contributed by atoms with Gasteiger partial charge in [-0.1, -0.05) is 0 Å². The van der Waals surface area contributed by atoms with Crippen molar-refractivity contribution in [2.45, 2.75) is 19.9 Å². The fourth-order valence-corrected chi connectivity index (χ4v) is 2.39. The van der Waals surface area contributed by atoms with E-state index in [1.54, 1.807) is 23.3 Å². The number of rotatable bonds is 3. The predicted molar refractivity (Wildman–Crippen MR) is 57.3 cm³/mol. The summed E-state index contributed by atoms with van der Waals surface area (Å²) in [6, 6.07) is 1.80. The minimum absolute atomic E-state index is 0.0303. The highest BCUT2D eigenvalue weighted by atomic mass is 32.1. The lowest BCUT2D eigenvalue weighted by atomic mass is 10.1. The zero-order valence-electron chi connectivity index (χ0n) is 8.65. The number of thiophene rings is 1. The van der Waals surface area contributed by atoms with Gasteiger partial charge in [0.05, 0.1) is 12.6 Å². The van der Waals surface area contributed by atoms with Gasteiger partial charge in [0.1, 0.15) is 0 Å². The van der Waals surface area contributed by atoms with Gasteiger partial charge < -0.3 is 10.0 Å². The molecule has 0 aliphatic carbocycles. The Bertz CT molecular complexity index is 322. The van der Waals surface area contributed by atoms with E-state index in [9.17, 15) is 9.90 Å². The number of hydrogen-bond donors (Lipinski definition) is 1. The van der Waals surface area contributed by atoms with Crippen molar-refractivity contribution in [3.8, 4) is 0 Å². The summed E-state index contributed by atoms with van der Waals surface area (Å²) in [5, 5.41) is 11.2. The molecule has 0 bridgehead atoms. The van der Waals surface area contributed by atoms with E-state index in [0.717, 1.165) is 10.4 Å². The molecular weight excluding hydrogens is 198 g/mol. The molecule has 4 heteroatoms. The van der Waals surface area contributed by atoms with Crippen LogP contribution < -0.4 is 0 Å². The lowest BCUT2D eigenvalue weighted by Crippen LogP contribution is -2.31. The van der Waals surface area contributed by atoms with Crippen molar-refractivity contribution in [3.05, 3.63) is 21.9 Å². The number of aliphatic hydroxyl groups excluding tert-OH is 1. The Morgan fingerprint density at radius 2 is 2.36 bits per heavy atom. The van der Waals surface area contributed by atoms with Crippen LogP contribution in [0.25, 0.3) is 0 Å². The second-order valence-corrected chi connectivity index (χ2v) is 4.24. The minimum Gasteiger partial charge on any atom is -0.394 e. The van der Waals surface area contributed by atoms with Gasteiger partial charge >= 0.3 is 0 Å². The van der Waals surface area contributed by atoms with E-state index >= 15 is 0 Å². The van der Waals surface area contributed by atoms with Crippen LogP contribution in [0.2, 0.25) is 0 Å². The first kappa shape index (κ1) is 11.2. The maximum absolute atomic E-state index is 11.2. The molecule has 14 heavy (non-hydrogen) atoms. The van der Waals surface area contributed by atoms with Crippen LogP contribution >= 0.6 is 11.3 Å². The number of aryl methyl sites for hydroxylation is 1. The number of carbonyl (C=O) groups is 1. The Morgan fingerprint density at radius 3 is 2.71 bits per heavy atom. The van der Waals surface area contributed by atoms with Crippen LogP contribution in [0.3, 0.4) is 0 Å². The quantitative estimate of drug-likeness (QED) is 0.828. The molecule has 0 aromatic carbocycles. The van der Waals surface area contributed by atoms with Crippen molar-refractivity contribution < 1.29 is 9.90 Å². The van der Waals surface area contributed by atoms with Crippen molar-refractivity contribution in [1.29, 1.82) is 0 Å². The average molecular weight is 213 g/mol. The van der Waals surface area contributed by atoms with Gasteiger partial charge in [0.2, 0.25) is 5.91 Å². The molecule has 0 radical (unpaired) electrons. The summed E-state index contributed by atoms with van der Waals surface area (Å²) in [7, 11) is 1.71. The summed E-state index contributed by atoms with van der Waals surface area (Å²) >= 11 is 1.57. The highest BCUT2D eigenvalue weighted by molar-refractivity contribution is 7.10. The summed E-state index contributed by atoms with van der Waals surface area (Å²) in [4.78, 5) is 13.8. The van der Waals surface area contributed by atoms with Gasteiger partial charge in [-0.2, -0.15) is 0 Å². The van der Waals surface area contributed by atoms with Crippen LogP contribution in [0.15, 0.2) is 11.4 Å². The molecule has 1 atom stereocenters. The molecule has 0 fully saturated rings. The third kappa shape index (κ3) is 2.13. The maximum Gasteiger partial charge on any atom is 0.219 e. The number of nitrogens with zero attached hydrogens (tertiary/aromatic N) is 1. The van der Waals surface area contributed by atoms with Gasteiger partial charge in [0.25, 0.3) is 0 Å². The Hall–Kier alpha value is -0.870. The Morgan fingerprint density at radius 1 is 1.71 bits per heavy atom. The van der Waals surface area contributed by atoms with Crippen molar-refractivity contribution in [2.24, 2.45) is 0 Å². The van der Waals surface area contributed by atoms with Crippen molar-refractivity contribution in [1.82, 2.24) is 4.90 Å². The highest BCUT2D eigenvalue weighted by Crippen LogP contribution is 2.27. The summed E-state index contributed by atoms with van der Waals surface area (Å²) in [6.45, 7) is 3.46. The number of carbonyl (C=O) groups excluding carboxylic acids is 1. The van der Waals surface area contributed by atoms with Gasteiger partial charge in [0, 0.05) is 18.8 Å². The Balaban J connectivity index is 2.93. The standard InChI is InChI=1S/C10H15NO2S/c1-7-4-5-14-10(7)9(6-12)11(3)8(2)13/h4-5,9,12H,6H2,1-3H3. The van der Waals surface area contributed by atoms with Gasteiger partial charge in [-0.05, 0) is 23.9 Å². The van der Waals surface area contributed by atoms with E-state index in [1.165, 1.54) is 6.92 Å². The summed E-state index contributed by atoms with van der Waals surface area (Å²) in [6.07, 6.45) is 0. The molecule has 1 aromatic heterocycles. The fraction of sp³-hybridized carbons (Fsp3) is 0.500. The number of aliphatic hydroxyl groups is 1. The molecule has 0 aliphatic heterocycles. The molecule has 1 amide bonds. The Labute approximate surface area is 88.0 Å². The van der Waals surface area contributed by atoms with E-state index < -0.39 is 0 Å². The third-order valence-electron chi connectivity index (χ3n) is 2.34. The van der Waals surface area contributed by atoms with Crippen LogP contribution in [0.5, 0.6) is 0 Å². The van der Waals surface area contributed by atoms with Crippen LogP contribution in [0, 0.1) is 6.92 Å². The lowest BCUT2D eigenvalue weighted by molar-refractivity contribution is -0.130. The lowest BCUT2D eigenvalue weighted by Gasteiger charge is -2.25. The first-order chi connectivity index (χ1) is 6.57. The fourth-order valence-electron chi connectivity index (χ4n) is 1.33. The zero-order valence-corrected chi connectivity index (χ0v) is 9.47. The molecule has 0 spiro atoms. The topological polar surface area (TPSA) is 40.5 Å². The monoisotopic (exact) mass is 213 g/mol. The van der Waals surface area contributed by atoms with Crippen LogP contribution in [-0.2, 0) is 4.79 Å². The van der Waals surface area contributed by atoms with Gasteiger partial charge in [0.15, 0.2) is 0 Å². The second-order valence-electron chi connectivity index (χ2n) is 3.30. The maximum atomic E-state index is 11.2. The van der Waals surface area contributed by atoms with E-state index in [0.29, 0.717) is 0 Å². The van der Waals surface area contributed by atoms with Crippen LogP contribution in [0.4, 0.5) is 0 Å². The number of hydrogen-bond acceptors (Lipinski definition) is 3. The summed E-state index contributed by atoms with van der Waals surface area (Å²) in [5.74, 6) is -0.0307. The molecule has 1 heterocycles. The smallest absolute Gasteiger partial charge is 0.219 e. The molecular formula is C10H15NO2S. The highest BCUT2D eigenvalue weighted by Gasteiger charge is 2.20. The van der Waals surface area contributed by atoms with Crippen molar-refractivity contribution >= 4 is 17.2 Å². The predicted octanol–water partition coefficient (Wildman–Crippen LogP) is 1.57. The van der Waals surface area contributed by atoms with E-state index in [2.05, 4.69) is 0 Å². The molecule has 78 valence electrons. The van der Waals surface area contributed by atoms with Crippen LogP contribution in [0.1, 0.15) is 23.4 Å². The third-order valence-corrected chi connectivity index (χ3v) is 3.46. The Kier molecular flexibility index (Phi) is 3.66. The molecule has 1 N–H and O–H groups in total. The van der Waals surface area contributed by atoms with E-state index in [-0.39, 0.29) is 18.6 Å². The minimum atomic E-state index is -0.201. The molecule has 1 unspecified atom stereocenters. The van der Waals surface area contributed by atoms with Gasteiger partial charge in [-0.3, -0.25) is 4.79 Å². The number of likely N-dealkylation sites (N-methyl/N-ethyl adjacent to an activating group) is 1. The van der Waals surface area contributed by atoms with Gasteiger partial charge in [-0.25, -0.2) is 0 Å². The normalized spacial score (nSPS) is 12.6. The summed E-state index contributed by atoms with van der Waals surface area (Å²) in [5.41, 5.74) is 1.13. The molecule has 0 saturated carbocycles. The second kappa shape index (κ2) is 4.57.